The first-order valence-corrected chi connectivity index (χ1v) is 15.3. The van der Waals surface area contributed by atoms with Crippen LogP contribution in [0.1, 0.15) is 95.6 Å². The highest BCUT2D eigenvalue weighted by atomic mass is 17.0. The molecule has 1 aromatic carbocycles. The lowest BCUT2D eigenvalue weighted by Gasteiger charge is -2.42. The number of rotatable bonds is 7. The maximum absolute atomic E-state index is 13.3. The van der Waals surface area contributed by atoms with E-state index in [2.05, 4.69) is 5.16 Å². The second kappa shape index (κ2) is 13.0. The second-order valence-electron chi connectivity index (χ2n) is 15.8. The van der Waals surface area contributed by atoms with E-state index in [9.17, 15) is 14.4 Å². The Balaban J connectivity index is 2.08. The monoisotopic (exact) mass is 633 g/mol. The number of nitrogens with zero attached hydrogens (tertiary/aromatic N) is 1. The Labute approximate surface area is 267 Å². The molecule has 11 heteroatoms. The molecule has 45 heavy (non-hydrogen) atoms. The minimum Gasteiger partial charge on any atom is -0.462 e. The van der Waals surface area contributed by atoms with Gasteiger partial charge in [0, 0.05) is 0 Å². The van der Waals surface area contributed by atoms with Crippen molar-refractivity contribution in [1.82, 2.24) is 0 Å². The summed E-state index contributed by atoms with van der Waals surface area (Å²) in [6.45, 7) is 22.4. The summed E-state index contributed by atoms with van der Waals surface area (Å²) in [5, 5.41) is 4.35. The molecule has 2 aliphatic heterocycles. The number of hydrogen-bond donors (Lipinski definition) is 0. The van der Waals surface area contributed by atoms with Crippen molar-refractivity contribution < 1.29 is 47.6 Å². The predicted octanol–water partition coefficient (Wildman–Crippen LogP) is 5.77. The van der Waals surface area contributed by atoms with Crippen LogP contribution in [0.15, 0.2) is 35.5 Å². The number of ether oxygens (including phenoxy) is 6. The lowest BCUT2D eigenvalue weighted by atomic mass is 9.93. The molecule has 252 valence electrons. The summed E-state index contributed by atoms with van der Waals surface area (Å²) in [4.78, 5) is 45.4. The van der Waals surface area contributed by atoms with Crippen LogP contribution in [0, 0.1) is 21.7 Å². The highest BCUT2D eigenvalue weighted by molar-refractivity contribution is 5.98. The van der Waals surface area contributed by atoms with Crippen molar-refractivity contribution in [2.24, 2.45) is 26.8 Å². The third-order valence-corrected chi connectivity index (χ3v) is 7.27. The summed E-state index contributed by atoms with van der Waals surface area (Å²) in [7, 11) is 0. The molecule has 0 spiro atoms. The van der Waals surface area contributed by atoms with Crippen LogP contribution in [0.5, 0.6) is 0 Å². The zero-order valence-corrected chi connectivity index (χ0v) is 29.0. The van der Waals surface area contributed by atoms with Crippen molar-refractivity contribution in [3.05, 3.63) is 35.9 Å². The quantitative estimate of drug-likeness (QED) is 0.158. The van der Waals surface area contributed by atoms with Gasteiger partial charge in [0.15, 0.2) is 24.6 Å². The summed E-state index contributed by atoms with van der Waals surface area (Å²) >= 11 is 0. The summed E-state index contributed by atoms with van der Waals surface area (Å²) < 4.78 is 36.9. The lowest BCUT2D eigenvalue weighted by Crippen LogP contribution is -2.61. The number of carbonyl (C=O) groups excluding carboxylic acids is 3. The minimum absolute atomic E-state index is 0.303. The van der Waals surface area contributed by atoms with Crippen LogP contribution in [0.2, 0.25) is 0 Å². The van der Waals surface area contributed by atoms with Gasteiger partial charge in [0.2, 0.25) is 0 Å². The van der Waals surface area contributed by atoms with E-state index < -0.39 is 76.2 Å². The molecule has 2 heterocycles. The fourth-order valence-corrected chi connectivity index (χ4v) is 4.24. The Morgan fingerprint density at radius 2 is 1.27 bits per heavy atom. The molecule has 0 saturated carbocycles. The first-order valence-electron chi connectivity index (χ1n) is 15.3. The first-order chi connectivity index (χ1) is 20.5. The molecule has 0 amide bonds. The number of hydrogen-bond acceptors (Lipinski definition) is 11. The molecule has 11 nitrogen and oxygen atoms in total. The third-order valence-electron chi connectivity index (χ3n) is 7.27. The smallest absolute Gasteiger partial charge is 0.358 e. The van der Waals surface area contributed by atoms with E-state index in [4.69, 9.17) is 33.3 Å². The van der Waals surface area contributed by atoms with Gasteiger partial charge in [-0.15, -0.1) is 0 Å². The second-order valence-corrected chi connectivity index (χ2v) is 15.8. The molecule has 0 aromatic heterocycles. The molecular formula is C34H51NO10. The molecule has 1 unspecified atom stereocenters. The van der Waals surface area contributed by atoms with Crippen LogP contribution in [0.25, 0.3) is 0 Å². The molecule has 2 aliphatic rings. The molecular weight excluding hydrogens is 582 g/mol. The molecule has 2 saturated heterocycles. The largest absolute Gasteiger partial charge is 0.462 e. The zero-order valence-electron chi connectivity index (χ0n) is 29.0. The molecule has 0 bridgehead atoms. The van der Waals surface area contributed by atoms with Crippen molar-refractivity contribution in [3.8, 4) is 0 Å². The number of fused-ring (bicyclic) bond motifs is 1. The van der Waals surface area contributed by atoms with Crippen LogP contribution in [0.3, 0.4) is 0 Å². The van der Waals surface area contributed by atoms with Gasteiger partial charge in [0.1, 0.15) is 12.7 Å². The molecule has 0 aliphatic carbocycles. The Morgan fingerprint density at radius 1 is 0.756 bits per heavy atom. The normalized spacial score (nSPS) is 27.8. The van der Waals surface area contributed by atoms with Gasteiger partial charge in [0.05, 0.1) is 27.4 Å². The van der Waals surface area contributed by atoms with E-state index in [1.165, 1.54) is 0 Å². The van der Waals surface area contributed by atoms with E-state index in [0.29, 0.717) is 5.71 Å². The topological polar surface area (TPSA) is 128 Å². The van der Waals surface area contributed by atoms with Gasteiger partial charge < -0.3 is 28.5 Å². The van der Waals surface area contributed by atoms with E-state index in [-0.39, 0.29) is 6.61 Å². The highest BCUT2D eigenvalue weighted by Gasteiger charge is 2.66. The summed E-state index contributed by atoms with van der Waals surface area (Å²) in [5.74, 6) is -3.43. The van der Waals surface area contributed by atoms with Gasteiger partial charge in [-0.05, 0) is 74.8 Å². The van der Waals surface area contributed by atoms with Crippen molar-refractivity contribution >= 4 is 23.6 Å². The summed E-state index contributed by atoms with van der Waals surface area (Å²) in [6.07, 6.45) is -5.78. The molecule has 3 rings (SSSR count). The van der Waals surface area contributed by atoms with Gasteiger partial charge in [-0.2, -0.15) is 0 Å². The fourth-order valence-electron chi connectivity index (χ4n) is 4.24. The van der Waals surface area contributed by atoms with Gasteiger partial charge in [-0.1, -0.05) is 56.3 Å². The van der Waals surface area contributed by atoms with Gasteiger partial charge in [-0.25, -0.2) is 0 Å². The Hall–Kier alpha value is -3.02. The summed E-state index contributed by atoms with van der Waals surface area (Å²) in [6, 6.07) is 9.46. The zero-order chi connectivity index (χ0) is 34.2. The molecule has 0 radical (unpaired) electrons. The highest BCUT2D eigenvalue weighted by Crippen LogP contribution is 2.48. The van der Waals surface area contributed by atoms with Gasteiger partial charge >= 0.3 is 23.9 Å². The number of esters is 3. The van der Waals surface area contributed by atoms with Crippen LogP contribution in [-0.4, -0.2) is 66.9 Å². The standard InChI is InChI=1S/C34H51NO10/c1-20(21-17-15-14-16-18-21)35-45-34(33(11,12)13)43-25-24(42-29(38)32(8,9)10)23(41-28(37)31(5,6)7)22(40-26(25)44-34)19-39-27(36)30(2,3)4/h14-18,22-26H,19H2,1-13H3/b35-20+/t22-,23-,24+,25-,26+,34?/m1/s1. The SMILES string of the molecule is C/C(=N\OC1(C(C)(C)C)O[C@@H]2O[C@H](COC(=O)C(C)(C)C)[C@@H](OC(=O)C(C)(C)C)[C@H](OC(=O)C(C)(C)C)[C@H]2O1)c1ccccc1. The van der Waals surface area contributed by atoms with Gasteiger partial charge in [0.25, 0.3) is 0 Å². The van der Waals surface area contributed by atoms with Crippen molar-refractivity contribution in [1.29, 1.82) is 0 Å². The summed E-state index contributed by atoms with van der Waals surface area (Å²) in [5.41, 5.74) is -2.06. The maximum atomic E-state index is 13.3. The third kappa shape index (κ3) is 8.62. The molecule has 6 atom stereocenters. The van der Waals surface area contributed by atoms with E-state index in [1.54, 1.807) is 69.2 Å². The van der Waals surface area contributed by atoms with E-state index in [0.717, 1.165) is 5.56 Å². The Kier molecular flexibility index (Phi) is 10.5. The van der Waals surface area contributed by atoms with Crippen LogP contribution >= 0.6 is 0 Å². The molecule has 2 fully saturated rings. The van der Waals surface area contributed by atoms with Crippen molar-refractivity contribution in [3.63, 3.8) is 0 Å². The van der Waals surface area contributed by atoms with Crippen molar-refractivity contribution in [2.75, 3.05) is 6.61 Å². The van der Waals surface area contributed by atoms with Crippen LogP contribution in [-0.2, 0) is 47.6 Å². The Morgan fingerprint density at radius 3 is 1.76 bits per heavy atom. The molecule has 1 aromatic rings. The first kappa shape index (κ1) is 36.4. The number of benzene rings is 1. The lowest BCUT2D eigenvalue weighted by molar-refractivity contribution is -0.399. The van der Waals surface area contributed by atoms with Crippen LogP contribution in [0.4, 0.5) is 0 Å². The average molecular weight is 634 g/mol. The van der Waals surface area contributed by atoms with E-state index >= 15 is 0 Å². The number of oxime groups is 1. The molecule has 0 N–H and O–H groups in total. The fraction of sp³-hybridized carbons (Fsp3) is 0.706. The van der Waals surface area contributed by atoms with E-state index in [1.807, 2.05) is 51.1 Å². The van der Waals surface area contributed by atoms with Gasteiger partial charge in [-0.3, -0.25) is 19.1 Å². The number of carbonyl (C=O) groups is 3. The van der Waals surface area contributed by atoms with Crippen LogP contribution < -0.4 is 0 Å². The predicted molar refractivity (Wildman–Crippen MR) is 166 cm³/mol. The maximum Gasteiger partial charge on any atom is 0.358 e. The Bertz CT molecular complexity index is 1250. The average Bonchev–Trinajstić information content (AvgIpc) is 3.30. The van der Waals surface area contributed by atoms with Crippen molar-refractivity contribution in [2.45, 2.75) is 127 Å². The minimum atomic E-state index is -1.81.